The molecule has 0 bridgehead atoms. The molecule has 20 heavy (non-hydrogen) atoms. The number of carbonyl (C=O) groups excluding carboxylic acids is 1. The fourth-order valence-corrected chi connectivity index (χ4v) is 2.76. The normalized spacial score (nSPS) is 24.4. The Bertz CT molecular complexity index is 333. The zero-order chi connectivity index (χ0) is 15.1. The van der Waals surface area contributed by atoms with E-state index in [0.29, 0.717) is 19.0 Å². The number of likely N-dealkylation sites (N-methyl/N-ethyl adjacent to an activating group) is 1. The highest BCUT2D eigenvalue weighted by Crippen LogP contribution is 2.23. The van der Waals surface area contributed by atoms with Crippen LogP contribution < -0.4 is 5.32 Å². The summed E-state index contributed by atoms with van der Waals surface area (Å²) < 4.78 is 0. The highest BCUT2D eigenvalue weighted by molar-refractivity contribution is 5.78. The summed E-state index contributed by atoms with van der Waals surface area (Å²) in [7, 11) is 0. The van der Waals surface area contributed by atoms with Crippen molar-refractivity contribution in [2.45, 2.75) is 52.5 Å². The number of rotatable bonds is 7. The second kappa shape index (κ2) is 8.25. The van der Waals surface area contributed by atoms with Gasteiger partial charge in [0.05, 0.1) is 12.5 Å². The standard InChI is InChI=1S/C15H28N2O3/c1-4-17(9-12(3)15(19)20)10-14(18)16-13-8-6-5-7-11(13)2/h11-13H,4-10H2,1-3H3,(H,16,18)(H,19,20). The molecular formula is C15H28N2O3. The molecule has 5 nitrogen and oxygen atoms in total. The predicted octanol–water partition coefficient (Wildman–Crippen LogP) is 1.72. The Balaban J connectivity index is 2.40. The SMILES string of the molecule is CCN(CC(=O)NC1CCCCC1C)CC(C)C(=O)O. The first-order chi connectivity index (χ1) is 9.43. The average Bonchev–Trinajstić information content (AvgIpc) is 2.40. The number of nitrogens with zero attached hydrogens (tertiary/aromatic N) is 1. The maximum Gasteiger partial charge on any atom is 0.307 e. The van der Waals surface area contributed by atoms with Crippen molar-refractivity contribution in [1.82, 2.24) is 10.2 Å². The lowest BCUT2D eigenvalue weighted by Crippen LogP contribution is -2.46. The van der Waals surface area contributed by atoms with Gasteiger partial charge in [-0.2, -0.15) is 0 Å². The fourth-order valence-electron chi connectivity index (χ4n) is 2.76. The Morgan fingerprint density at radius 1 is 1.35 bits per heavy atom. The van der Waals surface area contributed by atoms with Gasteiger partial charge < -0.3 is 10.4 Å². The Hall–Kier alpha value is -1.10. The van der Waals surface area contributed by atoms with E-state index >= 15 is 0 Å². The average molecular weight is 284 g/mol. The van der Waals surface area contributed by atoms with Crippen molar-refractivity contribution in [3.05, 3.63) is 0 Å². The summed E-state index contributed by atoms with van der Waals surface area (Å²) in [5.41, 5.74) is 0. The number of hydrogen-bond donors (Lipinski definition) is 2. The molecule has 116 valence electrons. The van der Waals surface area contributed by atoms with Crippen LogP contribution in [0.4, 0.5) is 0 Å². The van der Waals surface area contributed by atoms with Gasteiger partial charge in [0.2, 0.25) is 5.91 Å². The van der Waals surface area contributed by atoms with Gasteiger partial charge in [-0.05, 0) is 25.3 Å². The maximum atomic E-state index is 12.1. The minimum atomic E-state index is -0.815. The first-order valence-corrected chi connectivity index (χ1v) is 7.68. The Labute approximate surface area is 121 Å². The molecule has 0 aromatic carbocycles. The van der Waals surface area contributed by atoms with E-state index in [1.54, 1.807) is 6.92 Å². The predicted molar refractivity (Wildman–Crippen MR) is 78.5 cm³/mol. The minimum absolute atomic E-state index is 0.0168. The van der Waals surface area contributed by atoms with Crippen LogP contribution in [0.15, 0.2) is 0 Å². The fraction of sp³-hybridized carbons (Fsp3) is 0.867. The third-order valence-corrected chi connectivity index (χ3v) is 4.23. The molecule has 0 heterocycles. The Kier molecular flexibility index (Phi) is 6.99. The number of hydrogen-bond acceptors (Lipinski definition) is 3. The molecule has 0 radical (unpaired) electrons. The largest absolute Gasteiger partial charge is 0.481 e. The van der Waals surface area contributed by atoms with E-state index in [9.17, 15) is 9.59 Å². The van der Waals surface area contributed by atoms with Gasteiger partial charge in [-0.15, -0.1) is 0 Å². The van der Waals surface area contributed by atoms with Gasteiger partial charge in [0.25, 0.3) is 0 Å². The third-order valence-electron chi connectivity index (χ3n) is 4.23. The minimum Gasteiger partial charge on any atom is -0.481 e. The Morgan fingerprint density at radius 2 is 2.00 bits per heavy atom. The second-order valence-corrected chi connectivity index (χ2v) is 6.00. The van der Waals surface area contributed by atoms with Gasteiger partial charge in [-0.3, -0.25) is 14.5 Å². The molecule has 1 saturated carbocycles. The molecule has 1 amide bonds. The van der Waals surface area contributed by atoms with Gasteiger partial charge in [-0.1, -0.05) is 33.6 Å². The summed E-state index contributed by atoms with van der Waals surface area (Å²) in [5.74, 6) is -0.704. The molecule has 0 saturated heterocycles. The molecule has 1 aliphatic carbocycles. The van der Waals surface area contributed by atoms with E-state index < -0.39 is 11.9 Å². The van der Waals surface area contributed by atoms with Crippen LogP contribution >= 0.6 is 0 Å². The van der Waals surface area contributed by atoms with Crippen molar-refractivity contribution < 1.29 is 14.7 Å². The topological polar surface area (TPSA) is 69.6 Å². The smallest absolute Gasteiger partial charge is 0.307 e. The van der Waals surface area contributed by atoms with Crippen molar-refractivity contribution in [1.29, 1.82) is 0 Å². The van der Waals surface area contributed by atoms with Crippen molar-refractivity contribution >= 4 is 11.9 Å². The van der Waals surface area contributed by atoms with Crippen LogP contribution in [-0.2, 0) is 9.59 Å². The van der Waals surface area contributed by atoms with Crippen LogP contribution in [0.3, 0.4) is 0 Å². The summed E-state index contributed by atoms with van der Waals surface area (Å²) in [6, 6.07) is 0.284. The van der Waals surface area contributed by atoms with Crippen molar-refractivity contribution in [2.24, 2.45) is 11.8 Å². The summed E-state index contributed by atoms with van der Waals surface area (Å²) >= 11 is 0. The Morgan fingerprint density at radius 3 is 2.55 bits per heavy atom. The summed E-state index contributed by atoms with van der Waals surface area (Å²) in [6.45, 7) is 7.20. The molecule has 2 N–H and O–H groups in total. The van der Waals surface area contributed by atoms with E-state index in [0.717, 1.165) is 6.42 Å². The van der Waals surface area contributed by atoms with Gasteiger partial charge >= 0.3 is 5.97 Å². The third kappa shape index (κ3) is 5.49. The molecule has 1 aliphatic rings. The highest BCUT2D eigenvalue weighted by Gasteiger charge is 2.24. The van der Waals surface area contributed by atoms with Crippen molar-refractivity contribution in [3.8, 4) is 0 Å². The number of carboxylic acids is 1. The van der Waals surface area contributed by atoms with Crippen LogP contribution in [0.2, 0.25) is 0 Å². The van der Waals surface area contributed by atoms with Gasteiger partial charge in [0.15, 0.2) is 0 Å². The molecule has 0 aromatic heterocycles. The molecular weight excluding hydrogens is 256 g/mol. The first kappa shape index (κ1) is 17.0. The van der Waals surface area contributed by atoms with Crippen LogP contribution in [0.25, 0.3) is 0 Å². The second-order valence-electron chi connectivity index (χ2n) is 6.00. The lowest BCUT2D eigenvalue weighted by molar-refractivity contribution is -0.142. The van der Waals surface area contributed by atoms with Gasteiger partial charge in [-0.25, -0.2) is 0 Å². The summed E-state index contributed by atoms with van der Waals surface area (Å²) in [4.78, 5) is 24.8. The zero-order valence-corrected chi connectivity index (χ0v) is 12.9. The molecule has 0 aliphatic heterocycles. The molecule has 1 rings (SSSR count). The van der Waals surface area contributed by atoms with E-state index in [1.165, 1.54) is 19.3 Å². The van der Waals surface area contributed by atoms with Crippen LogP contribution in [0.1, 0.15) is 46.5 Å². The quantitative estimate of drug-likeness (QED) is 0.747. The molecule has 1 fully saturated rings. The first-order valence-electron chi connectivity index (χ1n) is 7.68. The molecule has 5 heteroatoms. The van der Waals surface area contributed by atoms with Crippen molar-refractivity contribution in [3.63, 3.8) is 0 Å². The summed E-state index contributed by atoms with van der Waals surface area (Å²) in [5, 5.41) is 12.0. The molecule has 0 aromatic rings. The van der Waals surface area contributed by atoms with Gasteiger partial charge in [0.1, 0.15) is 0 Å². The van der Waals surface area contributed by atoms with E-state index in [1.807, 2.05) is 11.8 Å². The van der Waals surface area contributed by atoms with E-state index in [2.05, 4.69) is 12.2 Å². The zero-order valence-electron chi connectivity index (χ0n) is 12.9. The molecule has 0 spiro atoms. The lowest BCUT2D eigenvalue weighted by atomic mass is 9.86. The van der Waals surface area contributed by atoms with Crippen LogP contribution in [-0.4, -0.2) is 47.6 Å². The highest BCUT2D eigenvalue weighted by atomic mass is 16.4. The van der Waals surface area contributed by atoms with Crippen LogP contribution in [0, 0.1) is 11.8 Å². The summed E-state index contributed by atoms with van der Waals surface area (Å²) in [6.07, 6.45) is 4.68. The molecule has 3 atom stereocenters. The van der Waals surface area contributed by atoms with E-state index in [4.69, 9.17) is 5.11 Å². The lowest BCUT2D eigenvalue weighted by Gasteiger charge is -2.30. The van der Waals surface area contributed by atoms with E-state index in [-0.39, 0.29) is 18.5 Å². The maximum absolute atomic E-state index is 12.1. The number of aliphatic carboxylic acids is 1. The number of carboxylic acid groups (broad SMARTS) is 1. The van der Waals surface area contributed by atoms with Crippen molar-refractivity contribution in [2.75, 3.05) is 19.6 Å². The van der Waals surface area contributed by atoms with Crippen LogP contribution in [0.5, 0.6) is 0 Å². The number of nitrogens with one attached hydrogen (secondary N) is 1. The number of amides is 1. The number of carbonyl (C=O) groups is 2. The monoisotopic (exact) mass is 284 g/mol. The molecule has 3 unspecified atom stereocenters. The van der Waals surface area contributed by atoms with Gasteiger partial charge in [0, 0.05) is 12.6 Å².